The van der Waals surface area contributed by atoms with Crippen LogP contribution in [-0.2, 0) is 27.3 Å². The van der Waals surface area contributed by atoms with Crippen molar-refractivity contribution in [3.63, 3.8) is 0 Å². The Bertz CT molecular complexity index is 609. The van der Waals surface area contributed by atoms with Gasteiger partial charge in [0.2, 0.25) is 11.8 Å². The molecular weight excluding hydrogens is 300 g/mol. The molecule has 1 heterocycles. The molecule has 0 saturated heterocycles. The van der Waals surface area contributed by atoms with Gasteiger partial charge in [0.25, 0.3) is 0 Å². The van der Waals surface area contributed by atoms with Gasteiger partial charge < -0.3 is 15.4 Å². The number of ether oxygens (including phenoxy) is 1. The Kier molecular flexibility index (Phi) is 6.12. The number of amides is 2. The molecule has 0 fully saturated rings. The van der Waals surface area contributed by atoms with Crippen molar-refractivity contribution in [1.29, 1.82) is 0 Å². The highest BCUT2D eigenvalue weighted by atomic mass is 32.1. The fourth-order valence-electron chi connectivity index (χ4n) is 1.88. The van der Waals surface area contributed by atoms with E-state index in [1.54, 1.807) is 23.5 Å². The molecule has 2 N–H and O–H groups in total. The van der Waals surface area contributed by atoms with E-state index >= 15 is 0 Å². The maximum Gasteiger partial charge on any atom is 0.250 e. The molecule has 0 aliphatic rings. The fourth-order valence-corrected chi connectivity index (χ4v) is 2.53. The van der Waals surface area contributed by atoms with Gasteiger partial charge >= 0.3 is 0 Å². The lowest BCUT2D eigenvalue weighted by Gasteiger charge is -2.07. The molecule has 2 rings (SSSR count). The highest BCUT2D eigenvalue weighted by Gasteiger charge is 2.05. The van der Waals surface area contributed by atoms with Crippen LogP contribution in [0.25, 0.3) is 0 Å². The monoisotopic (exact) mass is 318 g/mol. The first kappa shape index (κ1) is 16.2. The van der Waals surface area contributed by atoms with Gasteiger partial charge in [0.15, 0.2) is 0 Å². The van der Waals surface area contributed by atoms with E-state index in [0.29, 0.717) is 18.7 Å². The van der Waals surface area contributed by atoms with Crippen molar-refractivity contribution in [2.24, 2.45) is 0 Å². The SMILES string of the molecule is COCC(=O)Nc1ccc(CC(=O)NCc2cccs2)cc1. The molecule has 6 heteroatoms. The molecule has 116 valence electrons. The Hall–Kier alpha value is -2.18. The van der Waals surface area contributed by atoms with Gasteiger partial charge in [0.1, 0.15) is 6.61 Å². The summed E-state index contributed by atoms with van der Waals surface area (Å²) in [4.78, 5) is 24.4. The van der Waals surface area contributed by atoms with E-state index in [0.717, 1.165) is 10.4 Å². The Morgan fingerprint density at radius 3 is 2.55 bits per heavy atom. The van der Waals surface area contributed by atoms with Crippen LogP contribution >= 0.6 is 11.3 Å². The Labute approximate surface area is 133 Å². The molecule has 0 aliphatic heterocycles. The van der Waals surface area contributed by atoms with Gasteiger partial charge in [0.05, 0.1) is 13.0 Å². The number of carbonyl (C=O) groups excluding carboxylic acids is 2. The zero-order chi connectivity index (χ0) is 15.8. The standard InChI is InChI=1S/C16H18N2O3S/c1-21-11-16(20)18-13-6-4-12(5-7-13)9-15(19)17-10-14-3-2-8-22-14/h2-8H,9-11H2,1H3,(H,17,19)(H,18,20). The number of hydrogen-bond acceptors (Lipinski definition) is 4. The van der Waals surface area contributed by atoms with Gasteiger partial charge in [-0.2, -0.15) is 0 Å². The summed E-state index contributed by atoms with van der Waals surface area (Å²) >= 11 is 1.62. The largest absolute Gasteiger partial charge is 0.375 e. The van der Waals surface area contributed by atoms with Crippen LogP contribution < -0.4 is 10.6 Å². The zero-order valence-corrected chi connectivity index (χ0v) is 13.1. The minimum Gasteiger partial charge on any atom is -0.375 e. The number of anilines is 1. The van der Waals surface area contributed by atoms with Crippen LogP contribution in [0.2, 0.25) is 0 Å². The fraction of sp³-hybridized carbons (Fsp3) is 0.250. The van der Waals surface area contributed by atoms with E-state index in [4.69, 9.17) is 4.74 Å². The van der Waals surface area contributed by atoms with Crippen molar-refractivity contribution in [1.82, 2.24) is 5.32 Å². The summed E-state index contributed by atoms with van der Waals surface area (Å²) in [5, 5.41) is 7.57. The second kappa shape index (κ2) is 8.31. The normalized spacial score (nSPS) is 10.2. The van der Waals surface area contributed by atoms with Crippen LogP contribution in [0.5, 0.6) is 0 Å². The molecular formula is C16H18N2O3S. The molecule has 22 heavy (non-hydrogen) atoms. The third-order valence-electron chi connectivity index (χ3n) is 2.92. The van der Waals surface area contributed by atoms with E-state index < -0.39 is 0 Å². The molecule has 5 nitrogen and oxygen atoms in total. The topological polar surface area (TPSA) is 67.4 Å². The Morgan fingerprint density at radius 2 is 1.91 bits per heavy atom. The lowest BCUT2D eigenvalue weighted by molar-refractivity contribution is -0.121. The number of carbonyl (C=O) groups is 2. The summed E-state index contributed by atoms with van der Waals surface area (Å²) in [5.74, 6) is -0.228. The van der Waals surface area contributed by atoms with Crippen molar-refractivity contribution in [3.8, 4) is 0 Å². The van der Waals surface area contributed by atoms with E-state index in [2.05, 4.69) is 10.6 Å². The van der Waals surface area contributed by atoms with Gasteiger partial charge in [0, 0.05) is 17.7 Å². The van der Waals surface area contributed by atoms with Crippen LogP contribution in [0.15, 0.2) is 41.8 Å². The number of nitrogens with one attached hydrogen (secondary N) is 2. The number of thiophene rings is 1. The van der Waals surface area contributed by atoms with Crippen LogP contribution in [-0.4, -0.2) is 25.5 Å². The first-order valence-corrected chi connectivity index (χ1v) is 7.72. The first-order valence-electron chi connectivity index (χ1n) is 6.84. The van der Waals surface area contributed by atoms with E-state index in [1.807, 2.05) is 29.6 Å². The molecule has 0 bridgehead atoms. The van der Waals surface area contributed by atoms with Crippen molar-refractivity contribution in [2.45, 2.75) is 13.0 Å². The van der Waals surface area contributed by atoms with Gasteiger partial charge in [-0.3, -0.25) is 9.59 Å². The highest BCUT2D eigenvalue weighted by molar-refractivity contribution is 7.09. The molecule has 0 radical (unpaired) electrons. The highest BCUT2D eigenvalue weighted by Crippen LogP contribution is 2.11. The van der Waals surface area contributed by atoms with Crippen LogP contribution in [0.3, 0.4) is 0 Å². The van der Waals surface area contributed by atoms with Crippen molar-refractivity contribution in [2.75, 3.05) is 19.0 Å². The van der Waals surface area contributed by atoms with Crippen LogP contribution in [0, 0.1) is 0 Å². The lowest BCUT2D eigenvalue weighted by atomic mass is 10.1. The summed E-state index contributed by atoms with van der Waals surface area (Å²) in [6.45, 7) is 0.578. The second-order valence-electron chi connectivity index (χ2n) is 4.71. The van der Waals surface area contributed by atoms with Crippen LogP contribution in [0.1, 0.15) is 10.4 Å². The average Bonchev–Trinajstić information content (AvgIpc) is 3.01. The van der Waals surface area contributed by atoms with E-state index in [1.165, 1.54) is 7.11 Å². The molecule has 1 aromatic heterocycles. The first-order chi connectivity index (χ1) is 10.7. The van der Waals surface area contributed by atoms with E-state index in [-0.39, 0.29) is 18.4 Å². The smallest absolute Gasteiger partial charge is 0.250 e. The summed E-state index contributed by atoms with van der Waals surface area (Å²) in [7, 11) is 1.47. The zero-order valence-electron chi connectivity index (χ0n) is 12.3. The van der Waals surface area contributed by atoms with Crippen molar-refractivity contribution in [3.05, 3.63) is 52.2 Å². The van der Waals surface area contributed by atoms with Gasteiger partial charge in [-0.1, -0.05) is 18.2 Å². The summed E-state index contributed by atoms with van der Waals surface area (Å²) in [5.41, 5.74) is 1.58. The molecule has 0 atom stereocenters. The lowest BCUT2D eigenvalue weighted by Crippen LogP contribution is -2.24. The minimum atomic E-state index is -0.205. The number of benzene rings is 1. The molecule has 0 saturated carbocycles. The third-order valence-corrected chi connectivity index (χ3v) is 3.79. The molecule has 0 spiro atoms. The summed E-state index contributed by atoms with van der Waals surface area (Å²) < 4.78 is 4.75. The number of methoxy groups -OCH3 is 1. The maximum atomic E-state index is 11.9. The second-order valence-corrected chi connectivity index (χ2v) is 5.74. The molecule has 2 aromatic rings. The predicted molar refractivity (Wildman–Crippen MR) is 86.8 cm³/mol. The van der Waals surface area contributed by atoms with Crippen molar-refractivity contribution >= 4 is 28.8 Å². The minimum absolute atomic E-state index is 0.0207. The molecule has 0 aliphatic carbocycles. The number of rotatable bonds is 7. The molecule has 1 aromatic carbocycles. The third kappa shape index (κ3) is 5.31. The Balaban J connectivity index is 1.80. The molecule has 2 amide bonds. The van der Waals surface area contributed by atoms with Gasteiger partial charge in [-0.15, -0.1) is 11.3 Å². The van der Waals surface area contributed by atoms with Gasteiger partial charge in [-0.05, 0) is 29.1 Å². The predicted octanol–water partition coefficient (Wildman–Crippen LogP) is 2.19. The van der Waals surface area contributed by atoms with E-state index in [9.17, 15) is 9.59 Å². The van der Waals surface area contributed by atoms with Crippen molar-refractivity contribution < 1.29 is 14.3 Å². The summed E-state index contributed by atoms with van der Waals surface area (Å²) in [6.07, 6.45) is 0.317. The molecule has 0 unspecified atom stereocenters. The summed E-state index contributed by atoms with van der Waals surface area (Å²) in [6, 6.07) is 11.1. The number of hydrogen-bond donors (Lipinski definition) is 2. The Morgan fingerprint density at radius 1 is 1.14 bits per heavy atom. The average molecular weight is 318 g/mol. The maximum absolute atomic E-state index is 11.9. The quantitative estimate of drug-likeness (QED) is 0.822. The van der Waals surface area contributed by atoms with Gasteiger partial charge in [-0.25, -0.2) is 0 Å². The van der Waals surface area contributed by atoms with Crippen LogP contribution in [0.4, 0.5) is 5.69 Å².